The van der Waals surface area contributed by atoms with E-state index in [9.17, 15) is 5.11 Å². The molecule has 0 aromatic carbocycles. The molecule has 58 valence electrons. The first-order chi connectivity index (χ1) is 4.61. The van der Waals surface area contributed by atoms with Crippen molar-refractivity contribution in [1.29, 1.82) is 0 Å². The third-order valence-corrected chi connectivity index (χ3v) is 2.15. The molecule has 3 atom stereocenters. The average Bonchev–Trinajstić information content (AvgIpc) is 1.82. The van der Waals surface area contributed by atoms with E-state index in [1.165, 1.54) is 0 Å². The van der Waals surface area contributed by atoms with Gasteiger partial charge >= 0.3 is 0 Å². The second-order valence-electron chi connectivity index (χ2n) is 3.31. The highest BCUT2D eigenvalue weighted by atomic mass is 16.3. The van der Waals surface area contributed by atoms with Crippen LogP contribution in [0.1, 0.15) is 20.3 Å². The smallest absolute Gasteiger partial charge is 0.105 e. The van der Waals surface area contributed by atoms with Crippen LogP contribution in [0.2, 0.25) is 0 Å². The summed E-state index contributed by atoms with van der Waals surface area (Å²) in [5, 5.41) is 9.25. The van der Waals surface area contributed by atoms with Crippen molar-refractivity contribution in [3.05, 3.63) is 11.8 Å². The van der Waals surface area contributed by atoms with Crippen molar-refractivity contribution in [2.45, 2.75) is 26.3 Å². The molecule has 1 aliphatic rings. The Morgan fingerprint density at radius 1 is 1.60 bits per heavy atom. The summed E-state index contributed by atoms with van der Waals surface area (Å²) in [6.45, 7) is 4.17. The normalized spacial score (nSPS) is 41.1. The van der Waals surface area contributed by atoms with E-state index in [-0.39, 0.29) is 6.04 Å². The van der Waals surface area contributed by atoms with Crippen LogP contribution in [0.4, 0.5) is 0 Å². The molecule has 2 nitrogen and oxygen atoms in total. The Labute approximate surface area is 61.7 Å². The summed E-state index contributed by atoms with van der Waals surface area (Å²) in [6, 6.07) is -0.129. The van der Waals surface area contributed by atoms with Crippen molar-refractivity contribution in [1.82, 2.24) is 0 Å². The van der Waals surface area contributed by atoms with Crippen molar-refractivity contribution < 1.29 is 5.11 Å². The predicted octanol–water partition coefficient (Wildman–Crippen LogP) is 1.43. The molecule has 0 fully saturated rings. The molecule has 0 amide bonds. The fourth-order valence-electron chi connectivity index (χ4n) is 1.50. The average molecular weight is 141 g/mol. The van der Waals surface area contributed by atoms with Gasteiger partial charge in [-0.05, 0) is 24.3 Å². The summed E-state index contributed by atoms with van der Waals surface area (Å²) in [6.07, 6.45) is 2.94. The summed E-state index contributed by atoms with van der Waals surface area (Å²) in [7, 11) is 0. The van der Waals surface area contributed by atoms with Crippen LogP contribution in [0.5, 0.6) is 0 Å². The molecule has 0 saturated heterocycles. The Morgan fingerprint density at radius 2 is 2.20 bits per heavy atom. The first-order valence-corrected chi connectivity index (χ1v) is 3.77. The Hall–Kier alpha value is -0.500. The van der Waals surface area contributed by atoms with E-state index in [4.69, 9.17) is 5.73 Å². The van der Waals surface area contributed by atoms with Gasteiger partial charge in [0.15, 0.2) is 0 Å². The largest absolute Gasteiger partial charge is 0.511 e. The maximum atomic E-state index is 9.25. The molecule has 3 N–H and O–H groups in total. The van der Waals surface area contributed by atoms with Crippen LogP contribution in [0, 0.1) is 11.8 Å². The molecule has 0 bridgehead atoms. The second-order valence-corrected chi connectivity index (χ2v) is 3.31. The summed E-state index contributed by atoms with van der Waals surface area (Å²) in [4.78, 5) is 0. The number of aliphatic hydroxyl groups is 1. The van der Waals surface area contributed by atoms with Crippen molar-refractivity contribution in [2.24, 2.45) is 17.6 Å². The van der Waals surface area contributed by atoms with Crippen LogP contribution in [0.15, 0.2) is 11.8 Å². The minimum Gasteiger partial charge on any atom is -0.511 e. The zero-order valence-corrected chi connectivity index (χ0v) is 6.54. The molecule has 1 unspecified atom stereocenters. The van der Waals surface area contributed by atoms with Crippen molar-refractivity contribution in [3.8, 4) is 0 Å². The highest BCUT2D eigenvalue weighted by Gasteiger charge is 2.23. The minimum atomic E-state index is -0.129. The van der Waals surface area contributed by atoms with Crippen molar-refractivity contribution in [2.75, 3.05) is 0 Å². The second kappa shape index (κ2) is 2.62. The maximum absolute atomic E-state index is 9.25. The number of nitrogens with two attached hydrogens (primary N) is 1. The quantitative estimate of drug-likeness (QED) is 0.536. The molecule has 0 radical (unpaired) electrons. The Bertz CT molecular complexity index is 153. The summed E-state index contributed by atoms with van der Waals surface area (Å²) in [5.41, 5.74) is 5.67. The Balaban J connectivity index is 2.71. The summed E-state index contributed by atoms with van der Waals surface area (Å²) >= 11 is 0. The fourth-order valence-corrected chi connectivity index (χ4v) is 1.50. The number of hydrogen-bond donors (Lipinski definition) is 2. The van der Waals surface area contributed by atoms with Gasteiger partial charge in [-0.2, -0.15) is 0 Å². The molecule has 0 heterocycles. The summed E-state index contributed by atoms with van der Waals surface area (Å²) in [5.74, 6) is 1.26. The number of aliphatic hydroxyl groups excluding tert-OH is 1. The lowest BCUT2D eigenvalue weighted by Crippen LogP contribution is -2.34. The molecule has 0 aromatic heterocycles. The maximum Gasteiger partial charge on any atom is 0.105 e. The molecule has 2 heteroatoms. The van der Waals surface area contributed by atoms with Crippen LogP contribution in [-0.2, 0) is 0 Å². The van der Waals surface area contributed by atoms with E-state index in [0.717, 1.165) is 6.42 Å². The summed E-state index contributed by atoms with van der Waals surface area (Å²) < 4.78 is 0. The van der Waals surface area contributed by atoms with Gasteiger partial charge in [0.25, 0.3) is 0 Å². The zero-order valence-electron chi connectivity index (χ0n) is 6.54. The molecule has 1 aliphatic carbocycles. The SMILES string of the molecule is CC1C[C@@H](C)C=C(O)[C@@H]1N. The monoisotopic (exact) mass is 141 g/mol. The van der Waals surface area contributed by atoms with E-state index >= 15 is 0 Å². The fraction of sp³-hybridized carbons (Fsp3) is 0.750. The van der Waals surface area contributed by atoms with Crippen LogP contribution in [0.3, 0.4) is 0 Å². The van der Waals surface area contributed by atoms with Crippen LogP contribution in [-0.4, -0.2) is 11.1 Å². The van der Waals surface area contributed by atoms with E-state index in [0.29, 0.717) is 17.6 Å². The van der Waals surface area contributed by atoms with Gasteiger partial charge in [0, 0.05) is 0 Å². The lowest BCUT2D eigenvalue weighted by atomic mass is 9.85. The zero-order chi connectivity index (χ0) is 7.72. The first kappa shape index (κ1) is 7.61. The molecule has 0 aromatic rings. The van der Waals surface area contributed by atoms with Gasteiger partial charge in [-0.15, -0.1) is 0 Å². The Morgan fingerprint density at radius 3 is 2.70 bits per heavy atom. The minimum absolute atomic E-state index is 0.129. The number of rotatable bonds is 0. The van der Waals surface area contributed by atoms with Gasteiger partial charge in [-0.25, -0.2) is 0 Å². The molecule has 0 saturated carbocycles. The van der Waals surface area contributed by atoms with Crippen molar-refractivity contribution in [3.63, 3.8) is 0 Å². The van der Waals surface area contributed by atoms with Crippen LogP contribution < -0.4 is 5.73 Å². The van der Waals surface area contributed by atoms with Gasteiger partial charge in [0.2, 0.25) is 0 Å². The van der Waals surface area contributed by atoms with Gasteiger partial charge in [-0.1, -0.05) is 13.8 Å². The van der Waals surface area contributed by atoms with Gasteiger partial charge in [-0.3, -0.25) is 0 Å². The standard InChI is InChI=1S/C8H15NO/c1-5-3-6(2)8(9)7(10)4-5/h4-6,8,10H,3,9H2,1-2H3/t5-,6?,8-/m1/s1. The molecular formula is C8H15NO. The van der Waals surface area contributed by atoms with E-state index < -0.39 is 0 Å². The lowest BCUT2D eigenvalue weighted by molar-refractivity contribution is 0.275. The highest BCUT2D eigenvalue weighted by molar-refractivity contribution is 5.08. The van der Waals surface area contributed by atoms with E-state index in [1.54, 1.807) is 0 Å². The van der Waals surface area contributed by atoms with Gasteiger partial charge < -0.3 is 10.8 Å². The van der Waals surface area contributed by atoms with E-state index in [2.05, 4.69) is 13.8 Å². The molecule has 0 spiro atoms. The van der Waals surface area contributed by atoms with Crippen LogP contribution in [0.25, 0.3) is 0 Å². The van der Waals surface area contributed by atoms with Crippen molar-refractivity contribution >= 4 is 0 Å². The molecule has 10 heavy (non-hydrogen) atoms. The lowest BCUT2D eigenvalue weighted by Gasteiger charge is -2.26. The third-order valence-electron chi connectivity index (χ3n) is 2.15. The number of hydrogen-bond acceptors (Lipinski definition) is 2. The van der Waals surface area contributed by atoms with E-state index in [1.807, 2.05) is 6.08 Å². The van der Waals surface area contributed by atoms with Gasteiger partial charge in [0.1, 0.15) is 5.76 Å². The molecule has 1 rings (SSSR count). The van der Waals surface area contributed by atoms with Crippen LogP contribution >= 0.6 is 0 Å². The Kier molecular flexibility index (Phi) is 2.00. The molecule has 0 aliphatic heterocycles. The predicted molar refractivity (Wildman–Crippen MR) is 41.6 cm³/mol. The first-order valence-electron chi connectivity index (χ1n) is 3.77. The topological polar surface area (TPSA) is 46.2 Å². The third kappa shape index (κ3) is 1.32. The van der Waals surface area contributed by atoms with Gasteiger partial charge in [0.05, 0.1) is 6.04 Å². The molecular weight excluding hydrogens is 126 g/mol. The number of allylic oxidation sites excluding steroid dienone is 1. The highest BCUT2D eigenvalue weighted by Crippen LogP contribution is 2.24.